The minimum absolute atomic E-state index is 0.0743. The second-order valence-corrected chi connectivity index (χ2v) is 5.91. The largest absolute Gasteiger partial charge is 0.322 e. The van der Waals surface area contributed by atoms with Crippen molar-refractivity contribution in [2.24, 2.45) is 0 Å². The molecule has 1 aliphatic rings. The Bertz CT molecular complexity index is 863. The van der Waals surface area contributed by atoms with Gasteiger partial charge in [0.2, 0.25) is 5.91 Å². The Labute approximate surface area is 144 Å². The monoisotopic (exact) mass is 339 g/mol. The van der Waals surface area contributed by atoms with Crippen LogP contribution in [0.4, 0.5) is 17.1 Å². The maximum atomic E-state index is 12.4. The molecule has 0 aromatic heterocycles. The lowest BCUT2D eigenvalue weighted by Crippen LogP contribution is -2.24. The molecule has 0 aliphatic carbocycles. The Morgan fingerprint density at radius 1 is 1.24 bits per heavy atom. The van der Waals surface area contributed by atoms with Crippen molar-refractivity contribution in [2.45, 2.75) is 19.8 Å². The van der Waals surface area contributed by atoms with Crippen molar-refractivity contribution in [3.63, 3.8) is 0 Å². The summed E-state index contributed by atoms with van der Waals surface area (Å²) in [6.07, 6.45) is 1.35. The third-order valence-corrected chi connectivity index (χ3v) is 4.15. The summed E-state index contributed by atoms with van der Waals surface area (Å²) in [4.78, 5) is 36.3. The second-order valence-electron chi connectivity index (χ2n) is 5.91. The van der Waals surface area contributed by atoms with Crippen LogP contribution in [0.25, 0.3) is 0 Å². The number of nitro groups is 1. The number of carbonyl (C=O) groups excluding carboxylic acids is 2. The van der Waals surface area contributed by atoms with E-state index in [4.69, 9.17) is 0 Å². The van der Waals surface area contributed by atoms with Gasteiger partial charge in [-0.05, 0) is 37.1 Å². The normalized spacial score (nSPS) is 13.8. The molecule has 2 aromatic rings. The molecule has 0 unspecified atom stereocenters. The highest BCUT2D eigenvalue weighted by Crippen LogP contribution is 2.28. The molecular formula is C18H17N3O4. The van der Waals surface area contributed by atoms with Crippen molar-refractivity contribution in [3.05, 3.63) is 63.7 Å². The minimum atomic E-state index is -0.542. The van der Waals surface area contributed by atoms with Gasteiger partial charge in [0.15, 0.2) is 0 Å². The number of nitrogens with one attached hydrogen (secondary N) is 1. The summed E-state index contributed by atoms with van der Waals surface area (Å²) in [6, 6.07) is 10.9. The van der Waals surface area contributed by atoms with Gasteiger partial charge >= 0.3 is 0 Å². The number of carbonyl (C=O) groups is 2. The number of hydrogen-bond acceptors (Lipinski definition) is 4. The summed E-state index contributed by atoms with van der Waals surface area (Å²) in [5, 5.41) is 13.6. The number of benzene rings is 2. The summed E-state index contributed by atoms with van der Waals surface area (Å²) in [7, 11) is 0. The molecule has 128 valence electrons. The van der Waals surface area contributed by atoms with Crippen molar-refractivity contribution in [1.29, 1.82) is 0 Å². The van der Waals surface area contributed by atoms with E-state index in [1.54, 1.807) is 17.0 Å². The number of non-ortho nitro benzene ring substituents is 1. The lowest BCUT2D eigenvalue weighted by Gasteiger charge is -2.19. The molecular weight excluding hydrogens is 322 g/mol. The lowest BCUT2D eigenvalue weighted by atomic mass is 10.1. The highest BCUT2D eigenvalue weighted by molar-refractivity contribution is 6.05. The van der Waals surface area contributed by atoms with E-state index < -0.39 is 10.8 Å². The van der Waals surface area contributed by atoms with E-state index >= 15 is 0 Å². The molecule has 2 amide bonds. The van der Waals surface area contributed by atoms with Crippen LogP contribution in [0.5, 0.6) is 0 Å². The highest BCUT2D eigenvalue weighted by atomic mass is 16.6. The van der Waals surface area contributed by atoms with Gasteiger partial charge < -0.3 is 10.2 Å². The van der Waals surface area contributed by atoms with Crippen LogP contribution < -0.4 is 10.2 Å². The molecule has 1 aliphatic heterocycles. The minimum Gasteiger partial charge on any atom is -0.322 e. The van der Waals surface area contributed by atoms with Gasteiger partial charge in [-0.2, -0.15) is 0 Å². The fraction of sp³-hybridized carbons (Fsp3) is 0.222. The van der Waals surface area contributed by atoms with Crippen molar-refractivity contribution in [1.82, 2.24) is 0 Å². The average Bonchev–Trinajstić information content (AvgIpc) is 3.02. The van der Waals surface area contributed by atoms with Crippen molar-refractivity contribution < 1.29 is 14.5 Å². The number of anilines is 2. The standard InChI is InChI=1S/C18H17N3O4/c1-12-7-8-14(11-16(12)20-9-3-6-17(20)22)19-18(23)13-4-2-5-15(10-13)21(24)25/h2,4-5,7-8,10-11H,3,6,9H2,1H3,(H,19,23). The Morgan fingerprint density at radius 3 is 2.72 bits per heavy atom. The van der Waals surface area contributed by atoms with Crippen molar-refractivity contribution in [3.8, 4) is 0 Å². The molecule has 0 atom stereocenters. The summed E-state index contributed by atoms with van der Waals surface area (Å²) in [6.45, 7) is 2.58. The first-order valence-corrected chi connectivity index (χ1v) is 7.92. The zero-order valence-electron chi connectivity index (χ0n) is 13.7. The van der Waals surface area contributed by atoms with Gasteiger partial charge in [0.1, 0.15) is 0 Å². The zero-order valence-corrected chi connectivity index (χ0v) is 13.7. The Balaban J connectivity index is 1.83. The van der Waals surface area contributed by atoms with Crippen LogP contribution in [-0.2, 0) is 4.79 Å². The summed E-state index contributed by atoms with van der Waals surface area (Å²) in [5.41, 5.74) is 2.33. The summed E-state index contributed by atoms with van der Waals surface area (Å²) in [5.74, 6) is -0.364. The van der Waals surface area contributed by atoms with Crippen LogP contribution in [0.15, 0.2) is 42.5 Å². The van der Waals surface area contributed by atoms with E-state index in [9.17, 15) is 19.7 Å². The fourth-order valence-corrected chi connectivity index (χ4v) is 2.84. The van der Waals surface area contributed by atoms with Gasteiger partial charge in [-0.1, -0.05) is 12.1 Å². The van der Waals surface area contributed by atoms with Crippen LogP contribution in [0.3, 0.4) is 0 Å². The van der Waals surface area contributed by atoms with Gasteiger partial charge in [0.05, 0.1) is 4.92 Å². The van der Waals surface area contributed by atoms with E-state index in [1.165, 1.54) is 24.3 Å². The van der Waals surface area contributed by atoms with Crippen LogP contribution in [0.2, 0.25) is 0 Å². The first-order chi connectivity index (χ1) is 12.0. The maximum Gasteiger partial charge on any atom is 0.270 e. The van der Waals surface area contributed by atoms with Gasteiger partial charge in [0.25, 0.3) is 11.6 Å². The fourth-order valence-electron chi connectivity index (χ4n) is 2.84. The predicted octanol–water partition coefficient (Wildman–Crippen LogP) is 3.28. The highest BCUT2D eigenvalue weighted by Gasteiger charge is 2.23. The topological polar surface area (TPSA) is 92.5 Å². The molecule has 2 aromatic carbocycles. The lowest BCUT2D eigenvalue weighted by molar-refractivity contribution is -0.384. The maximum absolute atomic E-state index is 12.4. The van der Waals surface area contributed by atoms with Gasteiger partial charge in [-0.3, -0.25) is 19.7 Å². The molecule has 1 N–H and O–H groups in total. The summed E-state index contributed by atoms with van der Waals surface area (Å²) >= 11 is 0. The molecule has 7 nitrogen and oxygen atoms in total. The second kappa shape index (κ2) is 6.72. The molecule has 0 bridgehead atoms. The Kier molecular flexibility index (Phi) is 4.47. The van der Waals surface area contributed by atoms with E-state index in [1.807, 2.05) is 13.0 Å². The third kappa shape index (κ3) is 3.50. The number of nitrogens with zero attached hydrogens (tertiary/aromatic N) is 2. The molecule has 7 heteroatoms. The first kappa shape index (κ1) is 16.6. The number of aryl methyl sites for hydroxylation is 1. The van der Waals surface area contributed by atoms with Crippen molar-refractivity contribution in [2.75, 3.05) is 16.8 Å². The quantitative estimate of drug-likeness (QED) is 0.683. The molecule has 3 rings (SSSR count). The molecule has 1 heterocycles. The van der Waals surface area contributed by atoms with Crippen LogP contribution >= 0.6 is 0 Å². The van der Waals surface area contributed by atoms with Crippen LogP contribution in [-0.4, -0.2) is 23.3 Å². The number of hydrogen-bond donors (Lipinski definition) is 1. The first-order valence-electron chi connectivity index (χ1n) is 7.92. The molecule has 0 spiro atoms. The van der Waals surface area contributed by atoms with Gasteiger partial charge in [-0.15, -0.1) is 0 Å². The van der Waals surface area contributed by atoms with E-state index in [2.05, 4.69) is 5.32 Å². The number of nitro benzene ring substituents is 1. The van der Waals surface area contributed by atoms with E-state index in [0.717, 1.165) is 17.7 Å². The van der Waals surface area contributed by atoms with E-state index in [-0.39, 0.29) is 17.2 Å². The average molecular weight is 339 g/mol. The van der Waals surface area contributed by atoms with Crippen LogP contribution in [0, 0.1) is 17.0 Å². The number of rotatable bonds is 4. The molecule has 1 fully saturated rings. The SMILES string of the molecule is Cc1ccc(NC(=O)c2cccc([N+](=O)[O-])c2)cc1N1CCCC1=O. The molecule has 1 saturated heterocycles. The van der Waals surface area contributed by atoms with Gasteiger partial charge in [-0.25, -0.2) is 0 Å². The van der Waals surface area contributed by atoms with Crippen molar-refractivity contribution >= 4 is 28.9 Å². The Morgan fingerprint density at radius 2 is 2.04 bits per heavy atom. The third-order valence-electron chi connectivity index (χ3n) is 4.15. The van der Waals surface area contributed by atoms with E-state index in [0.29, 0.717) is 18.7 Å². The zero-order chi connectivity index (χ0) is 18.0. The number of amides is 2. The molecule has 0 radical (unpaired) electrons. The van der Waals surface area contributed by atoms with Crippen LogP contribution in [0.1, 0.15) is 28.8 Å². The van der Waals surface area contributed by atoms with Gasteiger partial charge in [0, 0.05) is 42.0 Å². The Hall–Kier alpha value is -3.22. The summed E-state index contributed by atoms with van der Waals surface area (Å²) < 4.78 is 0. The predicted molar refractivity (Wildman–Crippen MR) is 93.8 cm³/mol. The molecule has 25 heavy (non-hydrogen) atoms. The smallest absolute Gasteiger partial charge is 0.270 e. The molecule has 0 saturated carbocycles.